The average molecular weight is 730 g/mol. The Labute approximate surface area is 302 Å². The molecule has 3 aromatic rings. The number of carbonyl (C=O) groups is 5. The molecule has 51 heavy (non-hydrogen) atoms. The minimum absolute atomic E-state index is 0.0548. The summed E-state index contributed by atoms with van der Waals surface area (Å²) >= 11 is 2.39. The zero-order valence-corrected chi connectivity index (χ0v) is 29.6. The van der Waals surface area contributed by atoms with Gasteiger partial charge in [0, 0.05) is 17.2 Å². The van der Waals surface area contributed by atoms with Crippen molar-refractivity contribution in [1.29, 1.82) is 0 Å². The molecule has 5 rings (SSSR count). The van der Waals surface area contributed by atoms with Crippen molar-refractivity contribution in [1.82, 2.24) is 15.2 Å². The first-order valence-electron chi connectivity index (χ1n) is 15.7. The first-order valence-corrected chi connectivity index (χ1v) is 17.6. The predicted octanol–water partition coefficient (Wildman–Crippen LogP) is 4.50. The van der Waals surface area contributed by atoms with Gasteiger partial charge >= 0.3 is 11.9 Å². The molecule has 0 radical (unpaired) electrons. The van der Waals surface area contributed by atoms with Crippen LogP contribution in [0.5, 0.6) is 0 Å². The molecular formula is C36H35N5O8S2. The SMILES string of the molecule is C=CC1=C(C(=O)OC(c2ccccc2)c2ccccc2)N2C(=O)C(NC(=O)C(=NOC/C=C/C(=O)OC(C)(C)C)c3csc(NC=O)n3)[C@H]2SC1. The Morgan fingerprint density at radius 1 is 1.10 bits per heavy atom. The number of fused-ring (bicyclic) bond motifs is 1. The third-order valence-electron chi connectivity index (χ3n) is 7.29. The fraction of sp³-hybridized carbons (Fsp3) is 0.250. The fourth-order valence-electron chi connectivity index (χ4n) is 5.07. The second-order valence-electron chi connectivity index (χ2n) is 12.0. The van der Waals surface area contributed by atoms with Gasteiger partial charge in [0.25, 0.3) is 11.8 Å². The predicted molar refractivity (Wildman–Crippen MR) is 192 cm³/mol. The molecule has 0 saturated carbocycles. The van der Waals surface area contributed by atoms with Crippen molar-refractivity contribution < 1.29 is 38.3 Å². The highest BCUT2D eigenvalue weighted by atomic mass is 32.2. The molecule has 0 spiro atoms. The van der Waals surface area contributed by atoms with Gasteiger partial charge in [0.15, 0.2) is 16.9 Å². The van der Waals surface area contributed by atoms with Crippen LogP contribution >= 0.6 is 23.1 Å². The lowest BCUT2D eigenvalue weighted by atomic mass is 10.0. The minimum Gasteiger partial charge on any atom is -0.457 e. The van der Waals surface area contributed by atoms with Crippen LogP contribution in [-0.4, -0.2) is 75.1 Å². The lowest BCUT2D eigenvalue weighted by Crippen LogP contribution is -2.71. The highest BCUT2D eigenvalue weighted by Gasteiger charge is 2.54. The molecular weight excluding hydrogens is 695 g/mol. The summed E-state index contributed by atoms with van der Waals surface area (Å²) in [5.41, 5.74) is 1.20. The molecule has 2 N–H and O–H groups in total. The molecule has 264 valence electrons. The number of ether oxygens (including phenoxy) is 2. The van der Waals surface area contributed by atoms with Crippen molar-refractivity contribution in [3.05, 3.63) is 119 Å². The van der Waals surface area contributed by atoms with E-state index in [0.717, 1.165) is 22.5 Å². The van der Waals surface area contributed by atoms with E-state index in [0.29, 0.717) is 17.7 Å². The van der Waals surface area contributed by atoms with Crippen molar-refractivity contribution in [3.8, 4) is 0 Å². The van der Waals surface area contributed by atoms with E-state index in [1.807, 2.05) is 60.7 Å². The molecule has 1 fully saturated rings. The molecule has 0 bridgehead atoms. The van der Waals surface area contributed by atoms with E-state index < -0.39 is 46.9 Å². The quantitative estimate of drug-likeness (QED) is 0.0459. The number of carbonyl (C=O) groups excluding carboxylic acids is 5. The number of thiazole rings is 1. The highest BCUT2D eigenvalue weighted by molar-refractivity contribution is 8.00. The standard InChI is InChI=1S/C36H35N5O8S2/c1-5-22-19-50-33-28(32(45)41(33)29(22)34(46)48-30(23-13-8-6-9-14-23)24-15-10-7-11-16-24)39-31(44)27(25-20-51-35(38-25)37-21-42)40-47-18-12-17-26(43)49-36(2,3)4/h5-17,20-21,28,30,33H,1,18-19H2,2-4H3,(H,39,44)(H,37,38,42)/b17-12+,40-27?/t28?,33-/m1/s1. The maximum atomic E-state index is 13.9. The lowest BCUT2D eigenvalue weighted by molar-refractivity contribution is -0.154. The summed E-state index contributed by atoms with van der Waals surface area (Å²) in [6, 6.07) is 17.5. The number of hydrogen-bond acceptors (Lipinski definition) is 12. The maximum absolute atomic E-state index is 13.9. The normalized spacial score (nSPS) is 17.4. The average Bonchev–Trinajstić information content (AvgIpc) is 3.58. The number of hydrogen-bond donors (Lipinski definition) is 2. The number of rotatable bonds is 14. The number of nitrogens with one attached hydrogen (secondary N) is 2. The number of nitrogens with zero attached hydrogens (tertiary/aromatic N) is 3. The Kier molecular flexibility index (Phi) is 11.8. The Hall–Kier alpha value is -5.54. The zero-order valence-electron chi connectivity index (χ0n) is 27.9. The van der Waals surface area contributed by atoms with Gasteiger partial charge in [-0.3, -0.25) is 19.3 Å². The van der Waals surface area contributed by atoms with Crippen molar-refractivity contribution in [2.24, 2.45) is 5.16 Å². The second kappa shape index (κ2) is 16.4. The van der Waals surface area contributed by atoms with Gasteiger partial charge in [0.1, 0.15) is 35.0 Å². The largest absolute Gasteiger partial charge is 0.457 e. The van der Waals surface area contributed by atoms with Gasteiger partial charge in [-0.15, -0.1) is 23.1 Å². The summed E-state index contributed by atoms with van der Waals surface area (Å²) in [6.45, 7) is 8.86. The Morgan fingerprint density at radius 2 is 1.76 bits per heavy atom. The molecule has 2 aromatic carbocycles. The van der Waals surface area contributed by atoms with Crippen LogP contribution in [0.3, 0.4) is 0 Å². The van der Waals surface area contributed by atoms with E-state index in [1.165, 1.54) is 40.3 Å². The van der Waals surface area contributed by atoms with Gasteiger partial charge in [-0.05, 0) is 43.5 Å². The molecule has 15 heteroatoms. The van der Waals surface area contributed by atoms with Crippen LogP contribution in [0.15, 0.2) is 107 Å². The minimum atomic E-state index is -1.03. The van der Waals surface area contributed by atoms with Gasteiger partial charge in [0.05, 0.1) is 0 Å². The number of aromatic nitrogens is 1. The molecule has 3 heterocycles. The fourth-order valence-corrected chi connectivity index (χ4v) is 7.07. The topological polar surface area (TPSA) is 166 Å². The van der Waals surface area contributed by atoms with Gasteiger partial charge in [-0.1, -0.05) is 78.5 Å². The van der Waals surface area contributed by atoms with E-state index in [1.54, 1.807) is 20.8 Å². The van der Waals surface area contributed by atoms with Crippen molar-refractivity contribution in [2.75, 3.05) is 17.7 Å². The lowest BCUT2D eigenvalue weighted by Gasteiger charge is -2.49. The van der Waals surface area contributed by atoms with Gasteiger partial charge < -0.3 is 24.9 Å². The van der Waals surface area contributed by atoms with Crippen molar-refractivity contribution in [2.45, 2.75) is 43.9 Å². The Balaban J connectivity index is 1.32. The van der Waals surface area contributed by atoms with Crippen LogP contribution in [0.2, 0.25) is 0 Å². The van der Waals surface area contributed by atoms with Gasteiger partial charge in [-0.25, -0.2) is 14.6 Å². The van der Waals surface area contributed by atoms with E-state index in [2.05, 4.69) is 27.4 Å². The molecule has 1 unspecified atom stereocenters. The zero-order chi connectivity index (χ0) is 36.5. The molecule has 2 aliphatic heterocycles. The highest BCUT2D eigenvalue weighted by Crippen LogP contribution is 2.42. The van der Waals surface area contributed by atoms with Crippen LogP contribution in [0, 0.1) is 0 Å². The monoisotopic (exact) mass is 729 g/mol. The first-order chi connectivity index (χ1) is 24.5. The van der Waals surface area contributed by atoms with E-state index in [4.69, 9.17) is 14.3 Å². The smallest absolute Gasteiger partial charge is 0.356 e. The molecule has 1 saturated heterocycles. The number of oxime groups is 1. The number of anilines is 1. The van der Waals surface area contributed by atoms with Gasteiger partial charge in [-0.2, -0.15) is 0 Å². The van der Waals surface area contributed by atoms with E-state index >= 15 is 0 Å². The molecule has 1 aromatic heterocycles. The Bertz CT molecular complexity index is 1850. The van der Waals surface area contributed by atoms with Crippen LogP contribution in [-0.2, 0) is 38.3 Å². The Morgan fingerprint density at radius 3 is 2.37 bits per heavy atom. The number of thioether (sulfide) groups is 1. The number of esters is 2. The number of benzene rings is 2. The summed E-state index contributed by atoms with van der Waals surface area (Å²) in [5.74, 6) is -2.29. The molecule has 0 aliphatic carbocycles. The summed E-state index contributed by atoms with van der Waals surface area (Å²) in [4.78, 5) is 74.9. The molecule has 13 nitrogen and oxygen atoms in total. The van der Waals surface area contributed by atoms with E-state index in [9.17, 15) is 24.0 Å². The molecule has 2 aliphatic rings. The summed E-state index contributed by atoms with van der Waals surface area (Å²) in [5, 5.41) is 10.1. The number of allylic oxidation sites excluding steroid dienone is 1. The first kappa shape index (κ1) is 36.7. The van der Waals surface area contributed by atoms with Crippen LogP contribution in [0.25, 0.3) is 0 Å². The van der Waals surface area contributed by atoms with Crippen molar-refractivity contribution in [3.63, 3.8) is 0 Å². The van der Waals surface area contributed by atoms with E-state index in [-0.39, 0.29) is 28.8 Å². The van der Waals surface area contributed by atoms with Crippen LogP contribution in [0.4, 0.5) is 5.13 Å². The third-order valence-corrected chi connectivity index (χ3v) is 9.36. The maximum Gasteiger partial charge on any atom is 0.356 e. The van der Waals surface area contributed by atoms with Crippen LogP contribution in [0.1, 0.15) is 43.7 Å². The summed E-state index contributed by atoms with van der Waals surface area (Å²) in [6.07, 6.45) is 3.75. The third kappa shape index (κ3) is 8.98. The number of amides is 3. The number of β-lactam (4-membered cyclic amide) rings is 1. The summed E-state index contributed by atoms with van der Waals surface area (Å²) in [7, 11) is 0. The molecule has 2 atom stereocenters. The van der Waals surface area contributed by atoms with Crippen molar-refractivity contribution >= 4 is 64.1 Å². The molecule has 3 amide bonds. The summed E-state index contributed by atoms with van der Waals surface area (Å²) < 4.78 is 11.3. The van der Waals surface area contributed by atoms with Gasteiger partial charge in [0.2, 0.25) is 6.41 Å². The van der Waals surface area contributed by atoms with Crippen LogP contribution < -0.4 is 10.6 Å². The second-order valence-corrected chi connectivity index (χ2v) is 14.0.